The fraction of sp³-hybridized carbons (Fsp3) is 0.385. The van der Waals surface area contributed by atoms with Gasteiger partial charge >= 0.3 is 6.61 Å². The second-order valence-electron chi connectivity index (χ2n) is 3.95. The zero-order valence-electron chi connectivity index (χ0n) is 9.86. The van der Waals surface area contributed by atoms with Gasteiger partial charge in [0.2, 0.25) is 0 Å². The topological polar surface area (TPSA) is 29.5 Å². The smallest absolute Gasteiger partial charge is 0.387 e. The molecule has 0 saturated heterocycles. The first-order chi connectivity index (χ1) is 8.04. The van der Waals surface area contributed by atoms with E-state index in [2.05, 4.69) is 4.74 Å². The highest BCUT2D eigenvalue weighted by Gasteiger charge is 2.09. The molecular weight excluding hydrogens is 226 g/mol. The molecule has 0 aromatic heterocycles. The second-order valence-corrected chi connectivity index (χ2v) is 3.95. The lowest BCUT2D eigenvalue weighted by Crippen LogP contribution is -2.04. The molecule has 4 heteroatoms. The minimum Gasteiger partial charge on any atom is -0.434 e. The highest BCUT2D eigenvalue weighted by atomic mass is 19.3. The lowest BCUT2D eigenvalue weighted by Gasteiger charge is -2.11. The first-order valence-corrected chi connectivity index (χ1v) is 5.39. The second kappa shape index (κ2) is 6.35. The number of hydrogen-bond acceptors (Lipinski definition) is 2. The molecule has 0 aliphatic rings. The predicted octanol–water partition coefficient (Wildman–Crippen LogP) is 3.32. The molecule has 0 aliphatic heterocycles. The molecule has 0 radical (unpaired) electrons. The maximum Gasteiger partial charge on any atom is 0.387 e. The van der Waals surface area contributed by atoms with Gasteiger partial charge in [0.1, 0.15) is 5.75 Å². The highest BCUT2D eigenvalue weighted by Crippen LogP contribution is 2.24. The normalized spacial score (nSPS) is 12.3. The van der Waals surface area contributed by atoms with Gasteiger partial charge < -0.3 is 9.84 Å². The summed E-state index contributed by atoms with van der Waals surface area (Å²) in [5.74, 6) is 0.272. The predicted molar refractivity (Wildman–Crippen MR) is 63.0 cm³/mol. The van der Waals surface area contributed by atoms with Crippen LogP contribution in [0.25, 0.3) is 6.08 Å². The van der Waals surface area contributed by atoms with Gasteiger partial charge in [0.15, 0.2) is 0 Å². The van der Waals surface area contributed by atoms with Gasteiger partial charge in [0.05, 0.1) is 6.61 Å². The molecule has 0 bridgehead atoms. The summed E-state index contributed by atoms with van der Waals surface area (Å²) in [6.07, 6.45) is 1.68. The summed E-state index contributed by atoms with van der Waals surface area (Å²) < 4.78 is 28.8. The van der Waals surface area contributed by atoms with Crippen molar-refractivity contribution in [3.63, 3.8) is 0 Å². The van der Waals surface area contributed by atoms with Crippen LogP contribution in [0.1, 0.15) is 19.4 Å². The van der Waals surface area contributed by atoms with Crippen molar-refractivity contribution in [3.05, 3.63) is 35.4 Å². The number of rotatable bonds is 5. The van der Waals surface area contributed by atoms with Crippen LogP contribution in [0.5, 0.6) is 5.75 Å². The molecule has 0 amide bonds. The summed E-state index contributed by atoms with van der Waals surface area (Å²) in [5.41, 5.74) is 1.32. The molecule has 0 atom stereocenters. The van der Waals surface area contributed by atoms with Crippen molar-refractivity contribution in [3.8, 4) is 5.75 Å². The number of hydrogen-bond donors (Lipinski definition) is 1. The van der Waals surface area contributed by atoms with E-state index in [9.17, 15) is 13.9 Å². The zero-order chi connectivity index (χ0) is 12.8. The van der Waals surface area contributed by atoms with E-state index in [1.165, 1.54) is 6.07 Å². The number of aliphatic hydroxyl groups excluding tert-OH is 1. The number of para-hydroxylation sites is 1. The number of ether oxygens (including phenoxy) is 1. The van der Waals surface area contributed by atoms with Gasteiger partial charge in [-0.05, 0) is 23.6 Å². The summed E-state index contributed by atoms with van der Waals surface area (Å²) in [4.78, 5) is 0. The van der Waals surface area contributed by atoms with E-state index in [4.69, 9.17) is 0 Å². The monoisotopic (exact) mass is 242 g/mol. The highest BCUT2D eigenvalue weighted by molar-refractivity contribution is 5.60. The van der Waals surface area contributed by atoms with E-state index in [-0.39, 0.29) is 18.3 Å². The number of alkyl halides is 2. The summed E-state index contributed by atoms with van der Waals surface area (Å²) in [7, 11) is 0. The largest absolute Gasteiger partial charge is 0.434 e. The maximum absolute atomic E-state index is 12.2. The van der Waals surface area contributed by atoms with Crippen molar-refractivity contribution in [1.29, 1.82) is 0 Å². The van der Waals surface area contributed by atoms with Crippen LogP contribution >= 0.6 is 0 Å². The third kappa shape index (κ3) is 4.15. The van der Waals surface area contributed by atoms with E-state index in [1.54, 1.807) is 24.3 Å². The number of benzene rings is 1. The van der Waals surface area contributed by atoms with Crippen molar-refractivity contribution in [2.75, 3.05) is 6.61 Å². The van der Waals surface area contributed by atoms with Crippen LogP contribution in [0.3, 0.4) is 0 Å². The average Bonchev–Trinajstić information content (AvgIpc) is 2.26. The van der Waals surface area contributed by atoms with E-state index < -0.39 is 6.61 Å². The van der Waals surface area contributed by atoms with Gasteiger partial charge in [0, 0.05) is 5.56 Å². The van der Waals surface area contributed by atoms with E-state index in [1.807, 2.05) is 13.8 Å². The minimum atomic E-state index is -2.85. The zero-order valence-corrected chi connectivity index (χ0v) is 9.86. The Bertz CT molecular complexity index is 387. The minimum absolute atomic E-state index is 0.0965. The van der Waals surface area contributed by atoms with Gasteiger partial charge in [-0.25, -0.2) is 0 Å². The fourth-order valence-electron chi connectivity index (χ4n) is 1.40. The molecule has 2 nitrogen and oxygen atoms in total. The third-order valence-corrected chi connectivity index (χ3v) is 2.40. The molecule has 0 unspecified atom stereocenters. The SMILES string of the molecule is CC(C)C(=Cc1ccccc1OC(F)F)CO. The molecule has 1 N–H and O–H groups in total. The van der Waals surface area contributed by atoms with Crippen molar-refractivity contribution >= 4 is 6.08 Å². The standard InChI is InChI=1S/C13H16F2O2/c1-9(2)11(8-16)7-10-5-3-4-6-12(10)17-13(14)15/h3-7,9,13,16H,8H2,1-2H3. The molecule has 0 spiro atoms. The first-order valence-electron chi connectivity index (χ1n) is 5.39. The summed E-state index contributed by atoms with van der Waals surface area (Å²) in [6, 6.07) is 6.52. The Hall–Kier alpha value is -1.42. The number of halogens is 2. The van der Waals surface area contributed by atoms with E-state index in [0.29, 0.717) is 5.56 Å². The molecule has 0 saturated carbocycles. The average molecular weight is 242 g/mol. The van der Waals surface area contributed by atoms with Gasteiger partial charge in [-0.2, -0.15) is 8.78 Å². The van der Waals surface area contributed by atoms with Crippen LogP contribution in [0.4, 0.5) is 8.78 Å². The molecule has 1 rings (SSSR count). The van der Waals surface area contributed by atoms with Crippen molar-refractivity contribution in [2.45, 2.75) is 20.5 Å². The quantitative estimate of drug-likeness (QED) is 0.858. The summed E-state index contributed by atoms with van der Waals surface area (Å²) in [6.45, 7) is 0.916. The van der Waals surface area contributed by atoms with Crippen molar-refractivity contribution in [2.24, 2.45) is 5.92 Å². The van der Waals surface area contributed by atoms with Gasteiger partial charge in [0.25, 0.3) is 0 Å². The van der Waals surface area contributed by atoms with Crippen LogP contribution in [0.2, 0.25) is 0 Å². The molecule has 1 aromatic carbocycles. The first kappa shape index (κ1) is 13.6. The Labute approximate surface area is 99.5 Å². The van der Waals surface area contributed by atoms with Gasteiger partial charge in [-0.3, -0.25) is 0 Å². The van der Waals surface area contributed by atoms with Crippen molar-refractivity contribution in [1.82, 2.24) is 0 Å². The molecule has 17 heavy (non-hydrogen) atoms. The summed E-state index contributed by atoms with van der Waals surface area (Å²) in [5, 5.41) is 9.17. The van der Waals surface area contributed by atoms with Crippen LogP contribution in [-0.2, 0) is 0 Å². The third-order valence-electron chi connectivity index (χ3n) is 2.40. The Morgan fingerprint density at radius 2 is 2.00 bits per heavy atom. The van der Waals surface area contributed by atoms with Crippen LogP contribution in [-0.4, -0.2) is 18.3 Å². The van der Waals surface area contributed by atoms with E-state index >= 15 is 0 Å². The maximum atomic E-state index is 12.2. The lowest BCUT2D eigenvalue weighted by molar-refractivity contribution is -0.0499. The molecular formula is C13H16F2O2. The van der Waals surface area contributed by atoms with Gasteiger partial charge in [-0.1, -0.05) is 32.0 Å². The Morgan fingerprint density at radius 3 is 2.53 bits per heavy atom. The molecule has 94 valence electrons. The van der Waals surface area contributed by atoms with Crippen LogP contribution in [0.15, 0.2) is 29.8 Å². The molecule has 0 fully saturated rings. The van der Waals surface area contributed by atoms with Gasteiger partial charge in [-0.15, -0.1) is 0 Å². The number of aliphatic hydroxyl groups is 1. The Kier molecular flexibility index (Phi) is 5.10. The van der Waals surface area contributed by atoms with Crippen LogP contribution < -0.4 is 4.74 Å². The fourth-order valence-corrected chi connectivity index (χ4v) is 1.40. The van der Waals surface area contributed by atoms with Crippen molar-refractivity contribution < 1.29 is 18.6 Å². The molecule has 0 heterocycles. The molecule has 0 aliphatic carbocycles. The summed E-state index contributed by atoms with van der Waals surface area (Å²) >= 11 is 0. The van der Waals surface area contributed by atoms with Crippen LogP contribution in [0, 0.1) is 5.92 Å². The Balaban J connectivity index is 3.04. The lowest BCUT2D eigenvalue weighted by atomic mass is 10.0. The Morgan fingerprint density at radius 1 is 1.35 bits per heavy atom. The molecule has 1 aromatic rings. The van der Waals surface area contributed by atoms with E-state index in [0.717, 1.165) is 5.57 Å².